The molecule has 4 rings (SSSR count). The fourth-order valence-electron chi connectivity index (χ4n) is 3.80. The number of para-hydroxylation sites is 2. The van der Waals surface area contributed by atoms with Gasteiger partial charge in [0.25, 0.3) is 0 Å². The van der Waals surface area contributed by atoms with Crippen molar-refractivity contribution in [2.75, 3.05) is 44.9 Å². The van der Waals surface area contributed by atoms with Gasteiger partial charge < -0.3 is 29.0 Å². The molecule has 188 valence electrons. The number of hydrogen-bond acceptors (Lipinski definition) is 7. The van der Waals surface area contributed by atoms with Gasteiger partial charge in [-0.05, 0) is 54.1 Å². The molecule has 0 unspecified atom stereocenters. The molecule has 1 heterocycles. The zero-order valence-corrected chi connectivity index (χ0v) is 20.0. The molecule has 1 N–H and O–H groups in total. The summed E-state index contributed by atoms with van der Waals surface area (Å²) in [6, 6.07) is 21.6. The summed E-state index contributed by atoms with van der Waals surface area (Å²) in [5, 5.41) is 9.26. The molecular weight excluding hydrogens is 464 g/mol. The highest BCUT2D eigenvalue weighted by molar-refractivity contribution is 5.78. The number of nitrogens with zero attached hydrogens (tertiary/aromatic N) is 2. The van der Waals surface area contributed by atoms with Crippen LogP contribution in [-0.4, -0.2) is 62.0 Å². The van der Waals surface area contributed by atoms with Crippen molar-refractivity contribution < 1.29 is 33.6 Å². The van der Waals surface area contributed by atoms with E-state index in [-0.39, 0.29) is 6.54 Å². The monoisotopic (exact) mass is 492 g/mol. The highest BCUT2D eigenvalue weighted by Gasteiger charge is 2.20. The standard InChI is InChI=1S/C27H28N2O7/c1-33-21-10-12-23(13-11-21)36-27(32)29(19-26(30)31)18-20-6-8-22(9-7-20)34-16-14-28-15-17-35-25-5-3-2-4-24(25)28/h2-13H,14-19H2,1H3,(H,30,31). The van der Waals surface area contributed by atoms with E-state index < -0.39 is 18.6 Å². The van der Waals surface area contributed by atoms with Crippen LogP contribution in [0.5, 0.6) is 23.0 Å². The third-order valence-electron chi connectivity index (χ3n) is 5.60. The molecular formula is C27H28N2O7. The fourth-order valence-corrected chi connectivity index (χ4v) is 3.80. The average Bonchev–Trinajstić information content (AvgIpc) is 2.89. The SMILES string of the molecule is COc1ccc(OC(=O)N(CC(=O)O)Cc2ccc(OCCN3CCOc4ccccc43)cc2)cc1. The van der Waals surface area contributed by atoms with Crippen molar-refractivity contribution >= 4 is 17.7 Å². The number of fused-ring (bicyclic) bond motifs is 1. The van der Waals surface area contributed by atoms with E-state index in [0.29, 0.717) is 37.0 Å². The number of anilines is 1. The number of rotatable bonds is 10. The first-order valence-electron chi connectivity index (χ1n) is 11.5. The number of carbonyl (C=O) groups excluding carboxylic acids is 1. The second-order valence-electron chi connectivity index (χ2n) is 8.09. The summed E-state index contributed by atoms with van der Waals surface area (Å²) >= 11 is 0. The molecule has 0 aromatic heterocycles. The maximum atomic E-state index is 12.6. The largest absolute Gasteiger partial charge is 0.497 e. The van der Waals surface area contributed by atoms with Gasteiger partial charge in [0, 0.05) is 6.54 Å². The second-order valence-corrected chi connectivity index (χ2v) is 8.09. The maximum absolute atomic E-state index is 12.6. The Labute approximate surface area is 209 Å². The molecule has 0 bridgehead atoms. The van der Waals surface area contributed by atoms with Crippen molar-refractivity contribution in [2.24, 2.45) is 0 Å². The number of hydrogen-bond donors (Lipinski definition) is 1. The van der Waals surface area contributed by atoms with Crippen LogP contribution in [0.4, 0.5) is 10.5 Å². The number of aliphatic carboxylic acids is 1. The smallest absolute Gasteiger partial charge is 0.416 e. The Morgan fingerprint density at radius 1 is 0.972 bits per heavy atom. The van der Waals surface area contributed by atoms with Crippen LogP contribution in [0.25, 0.3) is 0 Å². The summed E-state index contributed by atoms with van der Waals surface area (Å²) in [5.74, 6) is 1.35. The summed E-state index contributed by atoms with van der Waals surface area (Å²) in [4.78, 5) is 27.3. The van der Waals surface area contributed by atoms with Crippen LogP contribution in [-0.2, 0) is 11.3 Å². The van der Waals surface area contributed by atoms with Crippen LogP contribution in [0.3, 0.4) is 0 Å². The Morgan fingerprint density at radius 2 is 1.67 bits per heavy atom. The molecule has 1 aliphatic rings. The van der Waals surface area contributed by atoms with E-state index >= 15 is 0 Å². The van der Waals surface area contributed by atoms with E-state index in [1.54, 1.807) is 48.5 Å². The van der Waals surface area contributed by atoms with E-state index in [9.17, 15) is 14.7 Å². The molecule has 0 atom stereocenters. The van der Waals surface area contributed by atoms with Gasteiger partial charge in [0.15, 0.2) is 0 Å². The van der Waals surface area contributed by atoms with Crippen LogP contribution in [0.2, 0.25) is 0 Å². The Kier molecular flexibility index (Phi) is 8.12. The van der Waals surface area contributed by atoms with Gasteiger partial charge in [0.1, 0.15) is 42.8 Å². The molecule has 0 aliphatic carbocycles. The first kappa shape index (κ1) is 24.7. The van der Waals surface area contributed by atoms with Crippen LogP contribution in [0.1, 0.15) is 5.56 Å². The molecule has 0 spiro atoms. The molecule has 0 radical (unpaired) electrons. The van der Waals surface area contributed by atoms with Gasteiger partial charge in [0.05, 0.1) is 25.9 Å². The van der Waals surface area contributed by atoms with Crippen molar-refractivity contribution in [2.45, 2.75) is 6.54 Å². The molecule has 1 aliphatic heterocycles. The highest BCUT2D eigenvalue weighted by Crippen LogP contribution is 2.30. The van der Waals surface area contributed by atoms with Crippen molar-refractivity contribution in [3.8, 4) is 23.0 Å². The first-order valence-corrected chi connectivity index (χ1v) is 11.5. The molecule has 0 fully saturated rings. The van der Waals surface area contributed by atoms with Crippen LogP contribution >= 0.6 is 0 Å². The number of amides is 1. The number of carboxylic acids is 1. The molecule has 3 aromatic rings. The van der Waals surface area contributed by atoms with Gasteiger partial charge in [-0.15, -0.1) is 0 Å². The van der Waals surface area contributed by atoms with E-state index in [1.807, 2.05) is 24.3 Å². The van der Waals surface area contributed by atoms with Gasteiger partial charge in [-0.25, -0.2) is 4.79 Å². The third-order valence-corrected chi connectivity index (χ3v) is 5.60. The summed E-state index contributed by atoms with van der Waals surface area (Å²) in [5.41, 5.74) is 1.81. The highest BCUT2D eigenvalue weighted by atomic mass is 16.6. The predicted molar refractivity (Wildman–Crippen MR) is 133 cm³/mol. The van der Waals surface area contributed by atoms with E-state index in [4.69, 9.17) is 18.9 Å². The lowest BCUT2D eigenvalue weighted by molar-refractivity contribution is -0.138. The number of methoxy groups -OCH3 is 1. The second kappa shape index (κ2) is 11.8. The molecule has 0 saturated heterocycles. The summed E-state index contributed by atoms with van der Waals surface area (Å²) in [6.07, 6.45) is -0.756. The lowest BCUT2D eigenvalue weighted by Gasteiger charge is -2.31. The Morgan fingerprint density at radius 3 is 2.39 bits per heavy atom. The van der Waals surface area contributed by atoms with Gasteiger partial charge in [0.2, 0.25) is 0 Å². The van der Waals surface area contributed by atoms with Crippen LogP contribution in [0.15, 0.2) is 72.8 Å². The normalized spacial score (nSPS) is 12.2. The lowest BCUT2D eigenvalue weighted by Crippen LogP contribution is -2.37. The van der Waals surface area contributed by atoms with Crippen molar-refractivity contribution in [3.63, 3.8) is 0 Å². The zero-order valence-electron chi connectivity index (χ0n) is 20.0. The van der Waals surface area contributed by atoms with Gasteiger partial charge in [-0.3, -0.25) is 9.69 Å². The Hall–Kier alpha value is -4.40. The van der Waals surface area contributed by atoms with Crippen LogP contribution < -0.4 is 23.8 Å². The zero-order chi connectivity index (χ0) is 25.3. The summed E-state index contributed by atoms with van der Waals surface area (Å²) in [7, 11) is 1.54. The summed E-state index contributed by atoms with van der Waals surface area (Å²) < 4.78 is 22.0. The molecule has 9 nitrogen and oxygen atoms in total. The molecule has 36 heavy (non-hydrogen) atoms. The molecule has 3 aromatic carbocycles. The Balaban J connectivity index is 1.31. The molecule has 0 saturated carbocycles. The van der Waals surface area contributed by atoms with Gasteiger partial charge >= 0.3 is 12.1 Å². The van der Waals surface area contributed by atoms with E-state index in [0.717, 1.165) is 28.4 Å². The van der Waals surface area contributed by atoms with Gasteiger partial charge in [-0.1, -0.05) is 24.3 Å². The third kappa shape index (κ3) is 6.59. The predicted octanol–water partition coefficient (Wildman–Crippen LogP) is 4.06. The van der Waals surface area contributed by atoms with Crippen LogP contribution in [0, 0.1) is 0 Å². The fraction of sp³-hybridized carbons (Fsp3) is 0.259. The minimum absolute atomic E-state index is 0.0755. The first-order chi connectivity index (χ1) is 17.5. The summed E-state index contributed by atoms with van der Waals surface area (Å²) in [6.45, 7) is 2.23. The quantitative estimate of drug-likeness (QED) is 0.453. The number of benzene rings is 3. The van der Waals surface area contributed by atoms with E-state index in [2.05, 4.69) is 4.90 Å². The molecule has 9 heteroatoms. The minimum atomic E-state index is -1.13. The number of ether oxygens (including phenoxy) is 4. The number of carbonyl (C=O) groups is 2. The Bertz CT molecular complexity index is 1170. The molecule has 1 amide bonds. The van der Waals surface area contributed by atoms with E-state index in [1.165, 1.54) is 7.11 Å². The van der Waals surface area contributed by atoms with Crippen molar-refractivity contribution in [1.29, 1.82) is 0 Å². The maximum Gasteiger partial charge on any atom is 0.416 e. The van der Waals surface area contributed by atoms with Crippen molar-refractivity contribution in [1.82, 2.24) is 4.90 Å². The average molecular weight is 493 g/mol. The topological polar surface area (TPSA) is 97.8 Å². The number of carboxylic acid groups (broad SMARTS) is 1. The van der Waals surface area contributed by atoms with Gasteiger partial charge in [-0.2, -0.15) is 0 Å². The lowest BCUT2D eigenvalue weighted by atomic mass is 10.2. The minimum Gasteiger partial charge on any atom is -0.497 e. The van der Waals surface area contributed by atoms with Crippen molar-refractivity contribution in [3.05, 3.63) is 78.4 Å².